The van der Waals surface area contributed by atoms with Gasteiger partial charge in [0.25, 0.3) is 0 Å². The summed E-state index contributed by atoms with van der Waals surface area (Å²) in [6.45, 7) is -0.194. The number of fused-ring (bicyclic) bond motifs is 3. The topological polar surface area (TPSA) is 88.5 Å². The van der Waals surface area contributed by atoms with Crippen molar-refractivity contribution in [2.45, 2.75) is 22.7 Å². The molecule has 3 aromatic carbocycles. The molecule has 1 N–H and O–H groups in total. The molecule has 0 radical (unpaired) electrons. The van der Waals surface area contributed by atoms with Crippen LogP contribution in [0.2, 0.25) is 0 Å². The first-order valence-corrected chi connectivity index (χ1v) is 15.2. The summed E-state index contributed by atoms with van der Waals surface area (Å²) in [6.07, 6.45) is 0. The number of rotatable bonds is 5. The molecule has 5 aromatic rings. The number of imide groups is 1. The Labute approximate surface area is 241 Å². The zero-order valence-corrected chi connectivity index (χ0v) is 23.3. The Morgan fingerprint density at radius 1 is 0.850 bits per heavy atom. The normalized spacial score (nSPS) is 20.0. The Balaban J connectivity index is 1.26. The van der Waals surface area contributed by atoms with E-state index in [2.05, 4.69) is 5.32 Å². The van der Waals surface area contributed by atoms with Crippen molar-refractivity contribution in [3.8, 4) is 0 Å². The van der Waals surface area contributed by atoms with Crippen LogP contribution in [0.4, 0.5) is 11.4 Å². The third-order valence-corrected chi connectivity index (χ3v) is 10.8. The van der Waals surface area contributed by atoms with Crippen molar-refractivity contribution >= 4 is 74.3 Å². The zero-order chi connectivity index (χ0) is 27.4. The number of amides is 3. The lowest BCUT2D eigenvalue weighted by molar-refractivity contribution is -0.122. The summed E-state index contributed by atoms with van der Waals surface area (Å²) in [4.78, 5) is 56.7. The van der Waals surface area contributed by atoms with E-state index in [0.29, 0.717) is 16.4 Å². The fraction of sp³-hybridized carbons (Fsp3) is 0.133. The van der Waals surface area contributed by atoms with Gasteiger partial charge in [-0.05, 0) is 35.0 Å². The van der Waals surface area contributed by atoms with Gasteiger partial charge >= 0.3 is 4.87 Å². The second-order valence-corrected chi connectivity index (χ2v) is 12.7. The van der Waals surface area contributed by atoms with Gasteiger partial charge in [0.1, 0.15) is 11.8 Å². The monoisotopic (exact) mass is 583 g/mol. The van der Waals surface area contributed by atoms with E-state index in [1.807, 2.05) is 66.0 Å². The van der Waals surface area contributed by atoms with Crippen molar-refractivity contribution in [3.05, 3.63) is 110 Å². The lowest BCUT2D eigenvalue weighted by atomic mass is 9.87. The standard InChI is InChI=1S/C30H21N3O4S3/c34-22(31-20-13-6-9-17-8-4-5-12-19(17)20)16-32-29-26(40-30(32)37)23(21-14-7-15-38-21)24-25(39-29)28(36)33(27(24)35)18-10-2-1-3-11-18/h1-15,23-25H,16H2,(H,31,34)/t23-,24-,25+/m0/s1. The first-order valence-electron chi connectivity index (χ1n) is 12.7. The largest absolute Gasteiger partial charge is 0.324 e. The second kappa shape index (κ2) is 9.88. The van der Waals surface area contributed by atoms with Gasteiger partial charge in [-0.25, -0.2) is 4.90 Å². The number of anilines is 2. The van der Waals surface area contributed by atoms with Crippen LogP contribution in [0.15, 0.2) is 100 Å². The maximum Gasteiger partial charge on any atom is 0.308 e. The molecule has 3 amide bonds. The average Bonchev–Trinajstić information content (AvgIpc) is 3.66. The van der Waals surface area contributed by atoms with Crippen molar-refractivity contribution in [1.82, 2.24) is 4.57 Å². The smallest absolute Gasteiger partial charge is 0.308 e. The molecule has 0 bridgehead atoms. The molecule has 2 aliphatic heterocycles. The lowest BCUT2D eigenvalue weighted by Crippen LogP contribution is -2.32. The molecule has 2 aliphatic rings. The van der Waals surface area contributed by atoms with Crippen molar-refractivity contribution in [2.75, 3.05) is 10.2 Å². The summed E-state index contributed by atoms with van der Waals surface area (Å²) in [5.74, 6) is -1.98. The van der Waals surface area contributed by atoms with Crippen molar-refractivity contribution < 1.29 is 14.4 Å². The summed E-state index contributed by atoms with van der Waals surface area (Å²) in [5, 5.41) is 6.67. The molecule has 0 unspecified atom stereocenters. The van der Waals surface area contributed by atoms with E-state index in [0.717, 1.165) is 31.9 Å². The van der Waals surface area contributed by atoms with Gasteiger partial charge < -0.3 is 5.32 Å². The van der Waals surface area contributed by atoms with Gasteiger partial charge in [0.2, 0.25) is 17.7 Å². The average molecular weight is 584 g/mol. The number of thioether (sulfide) groups is 1. The number of benzene rings is 3. The van der Waals surface area contributed by atoms with Gasteiger partial charge in [0.05, 0.1) is 16.6 Å². The number of nitrogens with one attached hydrogen (secondary N) is 1. The number of para-hydroxylation sites is 1. The van der Waals surface area contributed by atoms with E-state index in [1.54, 1.807) is 24.3 Å². The molecule has 10 heteroatoms. The molecule has 7 rings (SSSR count). The molecule has 3 atom stereocenters. The molecule has 4 heterocycles. The molecule has 0 aliphatic carbocycles. The Morgan fingerprint density at radius 3 is 2.42 bits per heavy atom. The van der Waals surface area contributed by atoms with Crippen molar-refractivity contribution in [2.24, 2.45) is 5.92 Å². The number of nitrogens with zero attached hydrogens (tertiary/aromatic N) is 2. The predicted octanol–water partition coefficient (Wildman–Crippen LogP) is 5.56. The first-order chi connectivity index (χ1) is 19.5. The number of aromatic nitrogens is 1. The highest BCUT2D eigenvalue weighted by molar-refractivity contribution is 8.00. The fourth-order valence-corrected chi connectivity index (χ4v) is 9.25. The van der Waals surface area contributed by atoms with Crippen molar-refractivity contribution in [1.29, 1.82) is 0 Å². The Morgan fingerprint density at radius 2 is 1.62 bits per heavy atom. The van der Waals surface area contributed by atoms with Crippen LogP contribution in [0.5, 0.6) is 0 Å². The van der Waals surface area contributed by atoms with E-state index in [1.165, 1.54) is 32.6 Å². The molecule has 198 valence electrons. The maximum absolute atomic E-state index is 13.8. The Hall–Kier alpha value is -3.99. The highest BCUT2D eigenvalue weighted by atomic mass is 32.2. The number of hydrogen-bond donors (Lipinski definition) is 1. The second-order valence-electron chi connectivity index (χ2n) is 9.60. The number of thiazole rings is 1. The summed E-state index contributed by atoms with van der Waals surface area (Å²) < 4.78 is 1.45. The first kappa shape index (κ1) is 25.0. The van der Waals surface area contributed by atoms with Gasteiger partial charge in [-0.2, -0.15) is 0 Å². The number of carbonyl (C=O) groups excluding carboxylic acids is 3. The highest BCUT2D eigenvalue weighted by Gasteiger charge is 2.57. The quantitative estimate of drug-likeness (QED) is 0.274. The SMILES string of the molecule is O=C(Cn1c2c(sc1=O)[C@@H](c1cccs1)[C@@H]1C(=O)N(c3ccccc3)C(=O)[C@@H]1S2)Nc1cccc2ccccc12. The van der Waals surface area contributed by atoms with Crippen LogP contribution < -0.4 is 15.1 Å². The van der Waals surface area contributed by atoms with Gasteiger partial charge in [-0.1, -0.05) is 83.8 Å². The molecule has 40 heavy (non-hydrogen) atoms. The molecule has 1 fully saturated rings. The molecule has 0 spiro atoms. The molecule has 1 saturated heterocycles. The van der Waals surface area contributed by atoms with Crippen LogP contribution in [-0.4, -0.2) is 27.5 Å². The van der Waals surface area contributed by atoms with Gasteiger partial charge in [-0.3, -0.25) is 23.7 Å². The maximum atomic E-state index is 13.8. The molecular formula is C30H21N3O4S3. The number of hydrogen-bond acceptors (Lipinski definition) is 7. The summed E-state index contributed by atoms with van der Waals surface area (Å²) in [6, 6.07) is 26.2. The van der Waals surface area contributed by atoms with Gasteiger partial charge in [0, 0.05) is 26.7 Å². The van der Waals surface area contributed by atoms with E-state index < -0.39 is 17.1 Å². The predicted molar refractivity (Wildman–Crippen MR) is 159 cm³/mol. The highest BCUT2D eigenvalue weighted by Crippen LogP contribution is 2.54. The number of thiophene rings is 1. The summed E-state index contributed by atoms with van der Waals surface area (Å²) >= 11 is 3.78. The van der Waals surface area contributed by atoms with E-state index >= 15 is 0 Å². The Kier molecular flexibility index (Phi) is 6.18. The number of carbonyl (C=O) groups is 3. The van der Waals surface area contributed by atoms with Crippen molar-refractivity contribution in [3.63, 3.8) is 0 Å². The van der Waals surface area contributed by atoms with E-state index in [4.69, 9.17) is 0 Å². The van der Waals surface area contributed by atoms with Crippen LogP contribution in [0, 0.1) is 5.92 Å². The lowest BCUT2D eigenvalue weighted by Gasteiger charge is -2.29. The van der Waals surface area contributed by atoms with Gasteiger partial charge in [0.15, 0.2) is 0 Å². The molecule has 0 saturated carbocycles. The summed E-state index contributed by atoms with van der Waals surface area (Å²) in [5.41, 5.74) is 1.20. The van der Waals surface area contributed by atoms with Crippen LogP contribution >= 0.6 is 34.4 Å². The minimum absolute atomic E-state index is 0.194. The van der Waals surface area contributed by atoms with Crippen LogP contribution in [0.1, 0.15) is 15.7 Å². The third kappa shape index (κ3) is 4.02. The third-order valence-electron chi connectivity index (χ3n) is 7.28. The minimum atomic E-state index is -0.700. The van der Waals surface area contributed by atoms with Crippen LogP contribution in [0.25, 0.3) is 10.8 Å². The van der Waals surface area contributed by atoms with Crippen LogP contribution in [0.3, 0.4) is 0 Å². The zero-order valence-electron chi connectivity index (χ0n) is 20.9. The van der Waals surface area contributed by atoms with E-state index in [-0.39, 0.29) is 29.1 Å². The molecular weight excluding hydrogens is 563 g/mol. The molecule has 7 nitrogen and oxygen atoms in total. The van der Waals surface area contributed by atoms with Gasteiger partial charge in [-0.15, -0.1) is 11.3 Å². The van der Waals surface area contributed by atoms with Crippen LogP contribution in [-0.2, 0) is 20.9 Å². The molecule has 2 aromatic heterocycles. The van der Waals surface area contributed by atoms with E-state index in [9.17, 15) is 19.2 Å². The minimum Gasteiger partial charge on any atom is -0.324 e. The Bertz CT molecular complexity index is 1840. The fourth-order valence-electron chi connectivity index (χ4n) is 5.53. The summed E-state index contributed by atoms with van der Waals surface area (Å²) in [7, 11) is 0.